The van der Waals surface area contributed by atoms with Crippen LogP contribution in [0.15, 0.2) is 51.0 Å². The third-order valence-corrected chi connectivity index (χ3v) is 4.96. The molecular weight excluding hydrogens is 471 g/mol. The summed E-state index contributed by atoms with van der Waals surface area (Å²) in [5, 5.41) is 15.7. The molecule has 0 aliphatic rings. The Morgan fingerprint density at radius 2 is 1.88 bits per heavy atom. The van der Waals surface area contributed by atoms with E-state index in [-0.39, 0.29) is 28.9 Å². The molecule has 2 rings (SSSR count). The van der Waals surface area contributed by atoms with Crippen molar-refractivity contribution < 1.29 is 8.42 Å². The molecule has 2 aromatic rings. The van der Waals surface area contributed by atoms with Gasteiger partial charge >= 0.3 is 0 Å². The number of benzene rings is 1. The van der Waals surface area contributed by atoms with E-state index < -0.39 is 10.0 Å². The van der Waals surface area contributed by atoms with Gasteiger partial charge in [-0.3, -0.25) is 0 Å². The maximum atomic E-state index is 11.2. The zero-order chi connectivity index (χ0) is 17.4. The van der Waals surface area contributed by atoms with Crippen molar-refractivity contribution in [2.75, 3.05) is 13.1 Å². The molecule has 0 saturated heterocycles. The third kappa shape index (κ3) is 7.72. The van der Waals surface area contributed by atoms with Gasteiger partial charge in [-0.15, -0.1) is 24.0 Å². The summed E-state index contributed by atoms with van der Waals surface area (Å²) in [6, 6.07) is 8.67. The van der Waals surface area contributed by atoms with Gasteiger partial charge in [0.2, 0.25) is 10.0 Å². The number of nitrogens with zero attached hydrogens (tertiary/aromatic N) is 1. The standard InChI is InChI=1S/C16H22N4O2S2.HI/c1-2-18-16(20-11-14-8-10-23-12-14)19-9-7-13-3-5-15(6-4-13)24(17,21)22;/h3-6,8,10,12H,2,7,9,11H2,1H3,(H2,17,21,22)(H2,18,19,20);1H. The summed E-state index contributed by atoms with van der Waals surface area (Å²) >= 11 is 1.66. The number of thiophene rings is 1. The van der Waals surface area contributed by atoms with Crippen LogP contribution in [-0.2, 0) is 23.0 Å². The van der Waals surface area contributed by atoms with Crippen LogP contribution in [-0.4, -0.2) is 27.5 Å². The highest BCUT2D eigenvalue weighted by Gasteiger charge is 2.06. The molecule has 1 heterocycles. The van der Waals surface area contributed by atoms with E-state index in [4.69, 9.17) is 5.14 Å². The fourth-order valence-electron chi connectivity index (χ4n) is 2.07. The first-order valence-corrected chi connectivity index (χ1v) is 10.1. The van der Waals surface area contributed by atoms with E-state index in [0.717, 1.165) is 24.5 Å². The van der Waals surface area contributed by atoms with Crippen LogP contribution in [0.4, 0.5) is 0 Å². The monoisotopic (exact) mass is 494 g/mol. The lowest BCUT2D eigenvalue weighted by atomic mass is 10.1. The van der Waals surface area contributed by atoms with E-state index in [2.05, 4.69) is 27.1 Å². The van der Waals surface area contributed by atoms with Gasteiger partial charge in [0.05, 0.1) is 11.4 Å². The number of primary sulfonamides is 1. The van der Waals surface area contributed by atoms with Gasteiger partial charge in [0.1, 0.15) is 0 Å². The van der Waals surface area contributed by atoms with Crippen molar-refractivity contribution in [2.24, 2.45) is 10.1 Å². The van der Waals surface area contributed by atoms with Crippen LogP contribution in [0, 0.1) is 0 Å². The molecule has 4 N–H and O–H groups in total. The van der Waals surface area contributed by atoms with Crippen LogP contribution < -0.4 is 15.8 Å². The molecule has 0 fully saturated rings. The molecule has 0 aliphatic carbocycles. The second-order valence-corrected chi connectivity index (χ2v) is 7.53. The Morgan fingerprint density at radius 1 is 1.16 bits per heavy atom. The van der Waals surface area contributed by atoms with E-state index in [0.29, 0.717) is 13.1 Å². The van der Waals surface area contributed by atoms with E-state index in [1.807, 2.05) is 12.3 Å². The first kappa shape index (κ1) is 21.9. The predicted octanol–water partition coefficient (Wildman–Crippen LogP) is 2.31. The topological polar surface area (TPSA) is 96.6 Å². The lowest BCUT2D eigenvalue weighted by molar-refractivity contribution is 0.598. The Labute approximate surface area is 170 Å². The van der Waals surface area contributed by atoms with Gasteiger partial charge in [-0.1, -0.05) is 12.1 Å². The lowest BCUT2D eigenvalue weighted by Crippen LogP contribution is -2.38. The molecule has 0 unspecified atom stereocenters. The highest BCUT2D eigenvalue weighted by molar-refractivity contribution is 14.0. The molecule has 6 nitrogen and oxygen atoms in total. The molecule has 0 amide bonds. The lowest BCUT2D eigenvalue weighted by Gasteiger charge is -2.11. The smallest absolute Gasteiger partial charge is 0.238 e. The Morgan fingerprint density at radius 3 is 2.44 bits per heavy atom. The molecule has 25 heavy (non-hydrogen) atoms. The van der Waals surface area contributed by atoms with E-state index in [1.54, 1.807) is 23.5 Å². The average Bonchev–Trinajstić information content (AvgIpc) is 3.05. The highest BCUT2D eigenvalue weighted by Crippen LogP contribution is 2.09. The van der Waals surface area contributed by atoms with Crippen molar-refractivity contribution in [1.82, 2.24) is 10.6 Å². The number of hydrogen-bond donors (Lipinski definition) is 3. The molecule has 0 atom stereocenters. The molecule has 0 radical (unpaired) electrons. The summed E-state index contributed by atoms with van der Waals surface area (Å²) in [6.45, 7) is 4.15. The van der Waals surface area contributed by atoms with Crippen molar-refractivity contribution in [3.8, 4) is 0 Å². The number of halogens is 1. The third-order valence-electron chi connectivity index (χ3n) is 3.30. The zero-order valence-corrected chi connectivity index (χ0v) is 17.9. The second-order valence-electron chi connectivity index (χ2n) is 5.19. The minimum absolute atomic E-state index is 0. The Balaban J connectivity index is 0.00000312. The number of rotatable bonds is 7. The number of nitrogens with two attached hydrogens (primary N) is 1. The first-order chi connectivity index (χ1) is 11.5. The summed E-state index contributed by atoms with van der Waals surface area (Å²) in [4.78, 5) is 4.67. The summed E-state index contributed by atoms with van der Waals surface area (Å²) < 4.78 is 22.5. The molecule has 1 aromatic heterocycles. The van der Waals surface area contributed by atoms with E-state index in [9.17, 15) is 8.42 Å². The van der Waals surface area contributed by atoms with Crippen LogP contribution in [0.2, 0.25) is 0 Å². The van der Waals surface area contributed by atoms with Crippen molar-refractivity contribution in [3.05, 3.63) is 52.2 Å². The minimum Gasteiger partial charge on any atom is -0.357 e. The van der Waals surface area contributed by atoms with Crippen LogP contribution in [0.25, 0.3) is 0 Å². The van der Waals surface area contributed by atoms with Crippen molar-refractivity contribution >= 4 is 51.3 Å². The Hall–Kier alpha value is -1.17. The maximum Gasteiger partial charge on any atom is 0.238 e. The van der Waals surface area contributed by atoms with Crippen molar-refractivity contribution in [3.63, 3.8) is 0 Å². The summed E-state index contributed by atoms with van der Waals surface area (Å²) in [6.07, 6.45) is 0.758. The van der Waals surface area contributed by atoms with Crippen LogP contribution >= 0.6 is 35.3 Å². The highest BCUT2D eigenvalue weighted by atomic mass is 127. The first-order valence-electron chi connectivity index (χ1n) is 7.64. The predicted molar refractivity (Wildman–Crippen MR) is 114 cm³/mol. The number of hydrogen-bond acceptors (Lipinski definition) is 4. The van der Waals surface area contributed by atoms with Gasteiger partial charge in [0.15, 0.2) is 5.96 Å². The molecule has 138 valence electrons. The van der Waals surface area contributed by atoms with Crippen molar-refractivity contribution in [2.45, 2.75) is 24.8 Å². The molecule has 0 spiro atoms. The zero-order valence-electron chi connectivity index (χ0n) is 13.9. The van der Waals surface area contributed by atoms with Gasteiger partial charge in [-0.25, -0.2) is 18.5 Å². The Kier molecular flexibility index (Phi) is 9.39. The molecule has 0 bridgehead atoms. The van der Waals surface area contributed by atoms with Crippen LogP contribution in [0.3, 0.4) is 0 Å². The van der Waals surface area contributed by atoms with E-state index >= 15 is 0 Å². The quantitative estimate of drug-likeness (QED) is 0.313. The van der Waals surface area contributed by atoms with Crippen LogP contribution in [0.1, 0.15) is 18.1 Å². The van der Waals surface area contributed by atoms with Gasteiger partial charge in [0.25, 0.3) is 0 Å². The number of sulfonamides is 1. The molecule has 0 aliphatic heterocycles. The van der Waals surface area contributed by atoms with Crippen LogP contribution in [0.5, 0.6) is 0 Å². The van der Waals surface area contributed by atoms with Gasteiger partial charge in [0, 0.05) is 13.1 Å². The maximum absolute atomic E-state index is 11.2. The average molecular weight is 494 g/mol. The molecule has 9 heteroatoms. The number of nitrogens with one attached hydrogen (secondary N) is 2. The van der Waals surface area contributed by atoms with Gasteiger partial charge < -0.3 is 10.6 Å². The summed E-state index contributed by atoms with van der Waals surface area (Å²) in [7, 11) is -3.63. The minimum atomic E-state index is -3.63. The Bertz CT molecular complexity index is 760. The van der Waals surface area contributed by atoms with Crippen molar-refractivity contribution in [1.29, 1.82) is 0 Å². The van der Waals surface area contributed by atoms with Gasteiger partial charge in [-0.05, 0) is 53.4 Å². The number of guanidine groups is 1. The van der Waals surface area contributed by atoms with E-state index in [1.165, 1.54) is 17.7 Å². The second kappa shape index (κ2) is 10.7. The fourth-order valence-corrected chi connectivity index (χ4v) is 3.24. The fraction of sp³-hybridized carbons (Fsp3) is 0.312. The summed E-state index contributed by atoms with van der Waals surface area (Å²) in [5.74, 6) is 0.768. The molecule has 0 saturated carbocycles. The molecular formula is C16H23IN4O2S2. The van der Waals surface area contributed by atoms with Gasteiger partial charge in [-0.2, -0.15) is 11.3 Å². The normalized spacial score (nSPS) is 11.7. The molecule has 1 aromatic carbocycles. The SMILES string of the molecule is CCNC(=NCc1ccsc1)NCCc1ccc(S(N)(=O)=O)cc1.I. The summed E-state index contributed by atoms with van der Waals surface area (Å²) in [5.41, 5.74) is 2.22. The number of aliphatic imine (C=N–C) groups is 1. The largest absolute Gasteiger partial charge is 0.357 e.